The zero-order valence-corrected chi connectivity index (χ0v) is 12.0. The summed E-state index contributed by atoms with van der Waals surface area (Å²) in [7, 11) is 0. The van der Waals surface area contributed by atoms with E-state index in [1.165, 1.54) is 12.1 Å². The maximum absolute atomic E-state index is 13.5. The predicted octanol–water partition coefficient (Wildman–Crippen LogP) is 3.71. The van der Waals surface area contributed by atoms with Gasteiger partial charge in [-0.2, -0.15) is 5.10 Å². The molecule has 23 heavy (non-hydrogen) atoms. The minimum atomic E-state index is -0.373. The van der Waals surface area contributed by atoms with Crippen LogP contribution in [-0.2, 0) is 4.79 Å². The Balaban J connectivity index is 1.83. The minimum absolute atomic E-state index is 0.245. The molecule has 5 heteroatoms. The molecule has 112 valence electrons. The quantitative estimate of drug-likeness (QED) is 0.709. The van der Waals surface area contributed by atoms with Gasteiger partial charge in [0.1, 0.15) is 5.82 Å². The van der Waals surface area contributed by atoms with Gasteiger partial charge in [0.05, 0.1) is 11.9 Å². The van der Waals surface area contributed by atoms with Gasteiger partial charge < -0.3 is 5.32 Å². The molecule has 0 saturated carbocycles. The molecule has 1 aliphatic rings. The Morgan fingerprint density at radius 2 is 1.91 bits per heavy atom. The second-order valence-electron chi connectivity index (χ2n) is 5.27. The zero-order valence-electron chi connectivity index (χ0n) is 12.0. The lowest BCUT2D eigenvalue weighted by molar-refractivity contribution is -0.110. The zero-order chi connectivity index (χ0) is 15.8. The summed E-state index contributed by atoms with van der Waals surface area (Å²) >= 11 is 0. The Kier molecular flexibility index (Phi) is 3.05. The molecule has 4 rings (SSSR count). The van der Waals surface area contributed by atoms with Crippen LogP contribution in [-0.4, -0.2) is 16.1 Å². The number of anilines is 1. The number of rotatable bonds is 2. The van der Waals surface area contributed by atoms with Crippen LogP contribution in [0.2, 0.25) is 0 Å². The van der Waals surface area contributed by atoms with E-state index in [1.54, 1.807) is 18.3 Å². The summed E-state index contributed by atoms with van der Waals surface area (Å²) in [5.41, 5.74) is 4.17. The van der Waals surface area contributed by atoms with Crippen LogP contribution in [0.15, 0.2) is 54.7 Å². The summed E-state index contributed by atoms with van der Waals surface area (Å²) in [6, 6.07) is 14.0. The highest BCUT2D eigenvalue weighted by Crippen LogP contribution is 2.34. The maximum atomic E-state index is 13.5. The number of nitrogens with zero attached hydrogens (tertiary/aromatic N) is 1. The van der Waals surface area contributed by atoms with Crippen molar-refractivity contribution in [1.82, 2.24) is 10.2 Å². The van der Waals surface area contributed by atoms with Crippen molar-refractivity contribution in [3.05, 3.63) is 71.7 Å². The van der Waals surface area contributed by atoms with Gasteiger partial charge in [0.25, 0.3) is 5.91 Å². The van der Waals surface area contributed by atoms with E-state index < -0.39 is 0 Å². The van der Waals surface area contributed by atoms with E-state index in [9.17, 15) is 9.18 Å². The van der Waals surface area contributed by atoms with E-state index in [1.807, 2.05) is 30.3 Å². The Hall–Kier alpha value is -3.21. The fraction of sp³-hybridized carbons (Fsp3) is 0. The average molecular weight is 305 g/mol. The number of aromatic nitrogens is 2. The van der Waals surface area contributed by atoms with Gasteiger partial charge >= 0.3 is 0 Å². The highest BCUT2D eigenvalue weighted by Gasteiger charge is 2.25. The summed E-state index contributed by atoms with van der Waals surface area (Å²) in [4.78, 5) is 12.2. The summed E-state index contributed by atoms with van der Waals surface area (Å²) < 4.78 is 13.5. The standard InChI is InChI=1S/C18H12FN3O/c19-13-6-7-16-14(9-13)15(18(23)21-16)8-12-10-20-22-17(12)11-4-2-1-3-5-11/h1-10H,(H,20,22)(H,21,23)/b15-8-. The molecule has 1 amide bonds. The third kappa shape index (κ3) is 2.32. The maximum Gasteiger partial charge on any atom is 0.256 e. The number of H-pyrrole nitrogens is 1. The molecule has 0 fully saturated rings. The number of amides is 1. The molecule has 0 spiro atoms. The van der Waals surface area contributed by atoms with E-state index in [2.05, 4.69) is 15.5 Å². The number of benzene rings is 2. The molecule has 0 atom stereocenters. The molecule has 4 nitrogen and oxygen atoms in total. The number of hydrogen-bond acceptors (Lipinski definition) is 2. The first-order chi connectivity index (χ1) is 11.2. The van der Waals surface area contributed by atoms with Gasteiger partial charge in [0, 0.05) is 28.0 Å². The first-order valence-electron chi connectivity index (χ1n) is 7.14. The van der Waals surface area contributed by atoms with Crippen molar-refractivity contribution >= 4 is 23.2 Å². The van der Waals surface area contributed by atoms with E-state index >= 15 is 0 Å². The molecule has 2 N–H and O–H groups in total. The molecule has 0 unspecified atom stereocenters. The predicted molar refractivity (Wildman–Crippen MR) is 86.9 cm³/mol. The van der Waals surface area contributed by atoms with Crippen molar-refractivity contribution in [3.63, 3.8) is 0 Å². The van der Waals surface area contributed by atoms with Crippen LogP contribution in [0.5, 0.6) is 0 Å². The first kappa shape index (κ1) is 13.5. The van der Waals surface area contributed by atoms with E-state index in [0.29, 0.717) is 16.8 Å². The van der Waals surface area contributed by atoms with Crippen molar-refractivity contribution < 1.29 is 9.18 Å². The van der Waals surface area contributed by atoms with Crippen LogP contribution in [0.3, 0.4) is 0 Å². The Bertz CT molecular complexity index is 928. The largest absolute Gasteiger partial charge is 0.321 e. The number of halogens is 1. The second kappa shape index (κ2) is 5.21. The van der Waals surface area contributed by atoms with Gasteiger partial charge in [0.15, 0.2) is 0 Å². The topological polar surface area (TPSA) is 57.8 Å². The van der Waals surface area contributed by atoms with Gasteiger partial charge in [-0.25, -0.2) is 4.39 Å². The molecule has 0 radical (unpaired) electrons. The van der Waals surface area contributed by atoms with E-state index in [4.69, 9.17) is 0 Å². The van der Waals surface area contributed by atoms with Gasteiger partial charge in [-0.05, 0) is 24.3 Å². The Morgan fingerprint density at radius 1 is 1.09 bits per heavy atom. The van der Waals surface area contributed by atoms with Crippen LogP contribution >= 0.6 is 0 Å². The van der Waals surface area contributed by atoms with Crippen LogP contribution in [0, 0.1) is 5.82 Å². The molecule has 0 aliphatic carbocycles. The second-order valence-corrected chi connectivity index (χ2v) is 5.27. The molecule has 2 heterocycles. The number of nitrogens with one attached hydrogen (secondary N) is 2. The van der Waals surface area contributed by atoms with Crippen molar-refractivity contribution in [3.8, 4) is 11.3 Å². The SMILES string of the molecule is O=C1Nc2ccc(F)cc2/C1=C/c1cn[nH]c1-c1ccccc1. The van der Waals surface area contributed by atoms with Gasteiger partial charge in [0.2, 0.25) is 0 Å². The molecule has 1 aliphatic heterocycles. The average Bonchev–Trinajstić information content (AvgIpc) is 3.14. The fourth-order valence-electron chi connectivity index (χ4n) is 2.70. The summed E-state index contributed by atoms with van der Waals surface area (Å²) in [6.45, 7) is 0. The normalized spacial score (nSPS) is 14.8. The molecule has 0 bridgehead atoms. The fourth-order valence-corrected chi connectivity index (χ4v) is 2.70. The third-order valence-corrected chi connectivity index (χ3v) is 3.80. The van der Waals surface area contributed by atoms with Gasteiger partial charge in [-0.1, -0.05) is 30.3 Å². The van der Waals surface area contributed by atoms with E-state index in [0.717, 1.165) is 16.8 Å². The molecule has 3 aromatic rings. The summed E-state index contributed by atoms with van der Waals surface area (Å²) in [6.07, 6.45) is 3.38. The smallest absolute Gasteiger partial charge is 0.256 e. The summed E-state index contributed by atoms with van der Waals surface area (Å²) in [5.74, 6) is -0.618. The molecular formula is C18H12FN3O. The Labute approximate surface area is 131 Å². The third-order valence-electron chi connectivity index (χ3n) is 3.80. The van der Waals surface area contributed by atoms with Crippen LogP contribution in [0.1, 0.15) is 11.1 Å². The summed E-state index contributed by atoms with van der Waals surface area (Å²) in [5, 5.41) is 9.75. The molecular weight excluding hydrogens is 293 g/mol. The van der Waals surface area contributed by atoms with Crippen LogP contribution in [0.4, 0.5) is 10.1 Å². The number of carbonyl (C=O) groups is 1. The van der Waals surface area contributed by atoms with Crippen LogP contribution < -0.4 is 5.32 Å². The number of aromatic amines is 1. The Morgan fingerprint density at radius 3 is 2.74 bits per heavy atom. The van der Waals surface area contributed by atoms with Crippen molar-refractivity contribution in [2.75, 3.05) is 5.32 Å². The number of fused-ring (bicyclic) bond motifs is 1. The highest BCUT2D eigenvalue weighted by atomic mass is 19.1. The first-order valence-corrected chi connectivity index (χ1v) is 7.14. The number of hydrogen-bond donors (Lipinski definition) is 2. The number of carbonyl (C=O) groups excluding carboxylic acids is 1. The highest BCUT2D eigenvalue weighted by molar-refractivity contribution is 6.35. The van der Waals surface area contributed by atoms with Gasteiger partial charge in [-0.15, -0.1) is 0 Å². The van der Waals surface area contributed by atoms with Crippen molar-refractivity contribution in [2.24, 2.45) is 0 Å². The van der Waals surface area contributed by atoms with Crippen molar-refractivity contribution in [1.29, 1.82) is 0 Å². The van der Waals surface area contributed by atoms with Crippen LogP contribution in [0.25, 0.3) is 22.9 Å². The molecule has 1 aromatic heterocycles. The lowest BCUT2D eigenvalue weighted by Gasteiger charge is -2.01. The molecule has 0 saturated heterocycles. The van der Waals surface area contributed by atoms with E-state index in [-0.39, 0.29) is 11.7 Å². The minimum Gasteiger partial charge on any atom is -0.321 e. The lowest BCUT2D eigenvalue weighted by Crippen LogP contribution is -2.03. The van der Waals surface area contributed by atoms with Crippen molar-refractivity contribution in [2.45, 2.75) is 0 Å². The van der Waals surface area contributed by atoms with Gasteiger partial charge in [-0.3, -0.25) is 9.89 Å². The monoisotopic (exact) mass is 305 g/mol. The lowest BCUT2D eigenvalue weighted by atomic mass is 10.0. The molecule has 2 aromatic carbocycles.